The predicted octanol–water partition coefficient (Wildman–Crippen LogP) is 0.818. The van der Waals surface area contributed by atoms with Crippen LogP contribution < -0.4 is 15.4 Å². The summed E-state index contributed by atoms with van der Waals surface area (Å²) in [5.74, 6) is -1.11. The SMILES string of the molecule is CS(=O)(=O)NCCNC(=O)Nc1cc(C(=O)O)ccc1Br. The second-order valence-electron chi connectivity index (χ2n) is 4.05. The summed E-state index contributed by atoms with van der Waals surface area (Å²) in [5, 5.41) is 13.8. The molecule has 0 atom stereocenters. The Kier molecular flexibility index (Phi) is 6.12. The van der Waals surface area contributed by atoms with E-state index in [4.69, 9.17) is 5.11 Å². The first-order chi connectivity index (χ1) is 9.69. The van der Waals surface area contributed by atoms with Gasteiger partial charge in [0.2, 0.25) is 10.0 Å². The van der Waals surface area contributed by atoms with Crippen molar-refractivity contribution in [1.82, 2.24) is 10.0 Å². The van der Waals surface area contributed by atoms with Gasteiger partial charge in [-0.3, -0.25) is 0 Å². The number of carbonyl (C=O) groups is 2. The van der Waals surface area contributed by atoms with Crippen LogP contribution in [0.3, 0.4) is 0 Å². The van der Waals surface area contributed by atoms with Gasteiger partial charge in [-0.2, -0.15) is 0 Å². The van der Waals surface area contributed by atoms with Crippen molar-refractivity contribution >= 4 is 43.6 Å². The Morgan fingerprint density at radius 1 is 1.29 bits per heavy atom. The third-order valence-electron chi connectivity index (χ3n) is 2.24. The van der Waals surface area contributed by atoms with E-state index >= 15 is 0 Å². The van der Waals surface area contributed by atoms with Gasteiger partial charge in [0.25, 0.3) is 0 Å². The molecule has 0 unspecified atom stereocenters. The number of rotatable bonds is 6. The number of urea groups is 1. The van der Waals surface area contributed by atoms with Gasteiger partial charge < -0.3 is 15.7 Å². The number of nitrogens with one attached hydrogen (secondary N) is 3. The second kappa shape index (κ2) is 7.38. The van der Waals surface area contributed by atoms with Crippen LogP contribution in [0.4, 0.5) is 10.5 Å². The Hall–Kier alpha value is -1.65. The molecule has 2 amide bonds. The summed E-state index contributed by atoms with van der Waals surface area (Å²) in [5.41, 5.74) is 0.329. The van der Waals surface area contributed by atoms with E-state index in [1.165, 1.54) is 18.2 Å². The third-order valence-corrected chi connectivity index (χ3v) is 3.66. The van der Waals surface area contributed by atoms with Gasteiger partial charge in [-0.25, -0.2) is 22.7 Å². The van der Waals surface area contributed by atoms with Gasteiger partial charge >= 0.3 is 12.0 Å². The van der Waals surface area contributed by atoms with Gasteiger partial charge in [0, 0.05) is 17.6 Å². The number of carboxylic acids is 1. The van der Waals surface area contributed by atoms with Crippen LogP contribution >= 0.6 is 15.9 Å². The molecule has 116 valence electrons. The van der Waals surface area contributed by atoms with Gasteiger partial charge in [-0.15, -0.1) is 0 Å². The van der Waals surface area contributed by atoms with Gasteiger partial charge in [-0.1, -0.05) is 0 Å². The lowest BCUT2D eigenvalue weighted by Crippen LogP contribution is -2.36. The zero-order valence-electron chi connectivity index (χ0n) is 11.0. The number of halogens is 1. The molecule has 0 aliphatic heterocycles. The highest BCUT2D eigenvalue weighted by atomic mass is 79.9. The molecule has 0 saturated heterocycles. The summed E-state index contributed by atoms with van der Waals surface area (Å²) in [6, 6.07) is 3.63. The average molecular weight is 380 g/mol. The van der Waals surface area contributed by atoms with E-state index in [9.17, 15) is 18.0 Å². The normalized spacial score (nSPS) is 11.0. The Balaban J connectivity index is 2.55. The first-order valence-electron chi connectivity index (χ1n) is 5.71. The fraction of sp³-hybridized carbons (Fsp3) is 0.273. The molecule has 0 bridgehead atoms. The number of aromatic carboxylic acids is 1. The maximum atomic E-state index is 11.6. The summed E-state index contributed by atoms with van der Waals surface area (Å²) in [7, 11) is -3.30. The topological polar surface area (TPSA) is 125 Å². The minimum absolute atomic E-state index is 0.0345. The highest BCUT2D eigenvalue weighted by Gasteiger charge is 2.09. The van der Waals surface area contributed by atoms with Crippen LogP contribution in [-0.2, 0) is 10.0 Å². The number of carboxylic acid groups (broad SMARTS) is 1. The molecule has 0 aliphatic rings. The van der Waals surface area contributed by atoms with Crippen molar-refractivity contribution in [1.29, 1.82) is 0 Å². The van der Waals surface area contributed by atoms with E-state index in [1.807, 2.05) is 0 Å². The van der Waals surface area contributed by atoms with E-state index in [0.717, 1.165) is 6.26 Å². The fourth-order valence-electron chi connectivity index (χ4n) is 1.33. The van der Waals surface area contributed by atoms with Crippen molar-refractivity contribution in [2.24, 2.45) is 0 Å². The number of hydrogen-bond acceptors (Lipinski definition) is 4. The molecule has 0 fully saturated rings. The molecule has 0 aromatic heterocycles. The van der Waals surface area contributed by atoms with Crippen molar-refractivity contribution in [3.05, 3.63) is 28.2 Å². The lowest BCUT2D eigenvalue weighted by Gasteiger charge is -2.10. The van der Waals surface area contributed by atoms with E-state index in [0.29, 0.717) is 10.2 Å². The van der Waals surface area contributed by atoms with Crippen LogP contribution in [0, 0.1) is 0 Å². The molecule has 1 rings (SSSR count). The molecule has 0 spiro atoms. The number of carbonyl (C=O) groups excluding carboxylic acids is 1. The highest BCUT2D eigenvalue weighted by Crippen LogP contribution is 2.23. The molecule has 0 radical (unpaired) electrons. The molecule has 0 heterocycles. The van der Waals surface area contributed by atoms with Crippen molar-refractivity contribution in [2.75, 3.05) is 24.7 Å². The van der Waals surface area contributed by atoms with Crippen molar-refractivity contribution in [3.63, 3.8) is 0 Å². The minimum Gasteiger partial charge on any atom is -0.478 e. The Labute approximate surface area is 130 Å². The Morgan fingerprint density at radius 2 is 1.95 bits per heavy atom. The quantitative estimate of drug-likeness (QED) is 0.544. The maximum Gasteiger partial charge on any atom is 0.335 e. The van der Waals surface area contributed by atoms with E-state index in [1.54, 1.807) is 0 Å². The van der Waals surface area contributed by atoms with Gasteiger partial charge in [0.05, 0.1) is 17.5 Å². The van der Waals surface area contributed by atoms with Crippen molar-refractivity contribution in [3.8, 4) is 0 Å². The van der Waals surface area contributed by atoms with Crippen molar-refractivity contribution < 1.29 is 23.1 Å². The summed E-state index contributed by atoms with van der Waals surface area (Å²) in [4.78, 5) is 22.4. The number of sulfonamides is 1. The zero-order valence-corrected chi connectivity index (χ0v) is 13.4. The van der Waals surface area contributed by atoms with E-state index < -0.39 is 22.0 Å². The highest BCUT2D eigenvalue weighted by molar-refractivity contribution is 9.10. The Morgan fingerprint density at radius 3 is 2.52 bits per heavy atom. The zero-order chi connectivity index (χ0) is 16.0. The molecule has 0 aliphatic carbocycles. The first kappa shape index (κ1) is 17.4. The number of benzene rings is 1. The van der Waals surface area contributed by atoms with Crippen LogP contribution in [-0.4, -0.2) is 44.9 Å². The molecule has 4 N–H and O–H groups in total. The lowest BCUT2D eigenvalue weighted by molar-refractivity contribution is 0.0697. The van der Waals surface area contributed by atoms with Crippen LogP contribution in [0.2, 0.25) is 0 Å². The third kappa shape index (κ3) is 6.56. The maximum absolute atomic E-state index is 11.6. The molecular weight excluding hydrogens is 366 g/mol. The molecule has 21 heavy (non-hydrogen) atoms. The summed E-state index contributed by atoms with van der Waals surface area (Å²) in [6.45, 7) is 0.151. The van der Waals surface area contributed by atoms with Gasteiger partial charge in [-0.05, 0) is 34.1 Å². The molecule has 0 saturated carbocycles. The molecule has 10 heteroatoms. The second-order valence-corrected chi connectivity index (χ2v) is 6.73. The van der Waals surface area contributed by atoms with Crippen LogP contribution in [0.25, 0.3) is 0 Å². The molecular formula is C11H14BrN3O5S. The fourth-order valence-corrected chi connectivity index (χ4v) is 2.15. The lowest BCUT2D eigenvalue weighted by atomic mass is 10.2. The summed E-state index contributed by atoms with van der Waals surface area (Å²) >= 11 is 3.19. The van der Waals surface area contributed by atoms with Gasteiger partial charge in [0.15, 0.2) is 0 Å². The number of anilines is 1. The summed E-state index contributed by atoms with van der Waals surface area (Å²) in [6.07, 6.45) is 1.02. The molecule has 1 aromatic carbocycles. The van der Waals surface area contributed by atoms with Crippen LogP contribution in [0.15, 0.2) is 22.7 Å². The number of amides is 2. The van der Waals surface area contributed by atoms with E-state index in [2.05, 4.69) is 31.3 Å². The van der Waals surface area contributed by atoms with Crippen LogP contribution in [0.5, 0.6) is 0 Å². The Bertz CT molecular complexity index is 647. The summed E-state index contributed by atoms with van der Waals surface area (Å²) < 4.78 is 24.4. The molecule has 1 aromatic rings. The molecule has 8 nitrogen and oxygen atoms in total. The largest absolute Gasteiger partial charge is 0.478 e. The smallest absolute Gasteiger partial charge is 0.335 e. The standard InChI is InChI=1S/C11H14BrN3O5S/c1-21(19,20)14-5-4-13-11(18)15-9-6-7(10(16)17)2-3-8(9)12/h2-3,6,14H,4-5H2,1H3,(H,16,17)(H2,13,15,18). The van der Waals surface area contributed by atoms with Crippen molar-refractivity contribution in [2.45, 2.75) is 0 Å². The number of hydrogen-bond donors (Lipinski definition) is 4. The minimum atomic E-state index is -3.30. The van der Waals surface area contributed by atoms with Gasteiger partial charge in [0.1, 0.15) is 0 Å². The predicted molar refractivity (Wildman–Crippen MR) is 81.0 cm³/mol. The average Bonchev–Trinajstić information content (AvgIpc) is 2.36. The monoisotopic (exact) mass is 379 g/mol. The van der Waals surface area contributed by atoms with E-state index in [-0.39, 0.29) is 18.7 Å². The van der Waals surface area contributed by atoms with Crippen LogP contribution in [0.1, 0.15) is 10.4 Å². The first-order valence-corrected chi connectivity index (χ1v) is 8.40.